The van der Waals surface area contributed by atoms with Gasteiger partial charge in [0.15, 0.2) is 0 Å². The summed E-state index contributed by atoms with van der Waals surface area (Å²) in [5, 5.41) is 0.767. The first-order valence-electron chi connectivity index (χ1n) is 9.39. The van der Waals surface area contributed by atoms with E-state index in [2.05, 4.69) is 54.0 Å². The van der Waals surface area contributed by atoms with Gasteiger partial charge in [0.2, 0.25) is 5.91 Å². The standard InChI is InChI=1S/C22H25ClN2O/c1-15-3-6-17(7-4-15)19-14-20(19)22(26)25-11-9-24(10-12-25)21-13-18(23)8-5-16(21)2/h3-8,13,19-20H,9-12,14H2,1-2H3/t19-,20-/m1/s1. The fourth-order valence-corrected chi connectivity index (χ4v) is 4.14. The zero-order chi connectivity index (χ0) is 18.3. The molecule has 4 heteroatoms. The van der Waals surface area contributed by atoms with Crippen LogP contribution in [0.5, 0.6) is 0 Å². The summed E-state index contributed by atoms with van der Waals surface area (Å²) < 4.78 is 0. The molecular formula is C22H25ClN2O. The molecule has 1 saturated carbocycles. The Morgan fingerprint density at radius 1 is 1.00 bits per heavy atom. The van der Waals surface area contributed by atoms with E-state index >= 15 is 0 Å². The van der Waals surface area contributed by atoms with Crippen molar-refractivity contribution in [1.29, 1.82) is 0 Å². The second-order valence-corrected chi connectivity index (χ2v) is 8.04. The topological polar surface area (TPSA) is 23.6 Å². The molecule has 0 N–H and O–H groups in total. The number of carbonyl (C=O) groups is 1. The molecule has 2 atom stereocenters. The maximum absolute atomic E-state index is 12.9. The minimum atomic E-state index is 0.178. The van der Waals surface area contributed by atoms with Gasteiger partial charge in [-0.05, 0) is 49.4 Å². The molecule has 1 aliphatic carbocycles. The van der Waals surface area contributed by atoms with Crippen LogP contribution in [0.25, 0.3) is 0 Å². The van der Waals surface area contributed by atoms with Crippen molar-refractivity contribution in [2.75, 3.05) is 31.1 Å². The Bertz CT molecular complexity index is 809. The van der Waals surface area contributed by atoms with E-state index < -0.39 is 0 Å². The summed E-state index contributed by atoms with van der Waals surface area (Å²) in [4.78, 5) is 17.3. The molecular weight excluding hydrogens is 344 g/mol. The lowest BCUT2D eigenvalue weighted by molar-refractivity contribution is -0.132. The predicted octanol–water partition coefficient (Wildman–Crippen LogP) is 4.41. The van der Waals surface area contributed by atoms with Gasteiger partial charge in [-0.3, -0.25) is 4.79 Å². The predicted molar refractivity (Wildman–Crippen MR) is 107 cm³/mol. The Hall–Kier alpha value is -2.00. The molecule has 3 nitrogen and oxygen atoms in total. The maximum Gasteiger partial charge on any atom is 0.226 e. The molecule has 1 aliphatic heterocycles. The summed E-state index contributed by atoms with van der Waals surface area (Å²) in [5.74, 6) is 0.923. The number of nitrogens with zero attached hydrogens (tertiary/aromatic N) is 2. The van der Waals surface area contributed by atoms with Crippen molar-refractivity contribution >= 4 is 23.2 Å². The van der Waals surface area contributed by atoms with Crippen LogP contribution in [-0.2, 0) is 4.79 Å². The molecule has 1 heterocycles. The van der Waals surface area contributed by atoms with Crippen molar-refractivity contribution < 1.29 is 4.79 Å². The third-order valence-corrected chi connectivity index (χ3v) is 5.95. The number of benzene rings is 2. The van der Waals surface area contributed by atoms with Crippen molar-refractivity contribution in [3.05, 3.63) is 64.2 Å². The van der Waals surface area contributed by atoms with Crippen LogP contribution in [0.4, 0.5) is 5.69 Å². The Balaban J connectivity index is 1.36. The molecule has 26 heavy (non-hydrogen) atoms. The SMILES string of the molecule is Cc1ccc([C@H]2C[C@H]2C(=O)N2CCN(c3cc(Cl)ccc3C)CC2)cc1. The molecule has 2 aliphatic rings. The van der Waals surface area contributed by atoms with E-state index in [0.717, 1.165) is 37.6 Å². The van der Waals surface area contributed by atoms with E-state index in [0.29, 0.717) is 11.8 Å². The van der Waals surface area contributed by atoms with E-state index in [9.17, 15) is 4.79 Å². The van der Waals surface area contributed by atoms with Gasteiger partial charge in [-0.1, -0.05) is 47.5 Å². The largest absolute Gasteiger partial charge is 0.368 e. The number of aryl methyl sites for hydroxylation is 2. The first-order valence-corrected chi connectivity index (χ1v) is 9.77. The highest BCUT2D eigenvalue weighted by Gasteiger charge is 2.46. The van der Waals surface area contributed by atoms with E-state index in [4.69, 9.17) is 11.6 Å². The van der Waals surface area contributed by atoms with Crippen LogP contribution in [0.2, 0.25) is 5.02 Å². The number of carbonyl (C=O) groups excluding carboxylic acids is 1. The van der Waals surface area contributed by atoms with Crippen LogP contribution in [0.1, 0.15) is 29.0 Å². The Kier molecular flexibility index (Phi) is 4.66. The molecule has 2 aromatic carbocycles. The zero-order valence-electron chi connectivity index (χ0n) is 15.4. The quantitative estimate of drug-likeness (QED) is 0.801. The average molecular weight is 369 g/mol. The molecule has 4 rings (SSSR count). The van der Waals surface area contributed by atoms with E-state index in [1.165, 1.54) is 22.4 Å². The van der Waals surface area contributed by atoms with Crippen LogP contribution in [0.15, 0.2) is 42.5 Å². The highest BCUT2D eigenvalue weighted by atomic mass is 35.5. The van der Waals surface area contributed by atoms with Crippen molar-refractivity contribution in [2.24, 2.45) is 5.92 Å². The third-order valence-electron chi connectivity index (χ3n) is 5.72. The summed E-state index contributed by atoms with van der Waals surface area (Å²) in [7, 11) is 0. The van der Waals surface area contributed by atoms with Gasteiger partial charge in [0.25, 0.3) is 0 Å². The number of rotatable bonds is 3. The monoisotopic (exact) mass is 368 g/mol. The summed E-state index contributed by atoms with van der Waals surface area (Å²) >= 11 is 6.16. The minimum absolute atomic E-state index is 0.178. The molecule has 136 valence electrons. The van der Waals surface area contributed by atoms with Gasteiger partial charge in [0.05, 0.1) is 0 Å². The van der Waals surface area contributed by atoms with Crippen LogP contribution in [0, 0.1) is 19.8 Å². The molecule has 0 bridgehead atoms. The number of halogens is 1. The lowest BCUT2D eigenvalue weighted by atomic mass is 10.1. The summed E-state index contributed by atoms with van der Waals surface area (Å²) in [6.45, 7) is 7.54. The summed E-state index contributed by atoms with van der Waals surface area (Å²) in [5.41, 5.74) is 5.00. The highest BCUT2D eigenvalue weighted by molar-refractivity contribution is 6.30. The Morgan fingerprint density at radius 2 is 1.69 bits per heavy atom. The summed E-state index contributed by atoms with van der Waals surface area (Å²) in [6, 6.07) is 14.6. The van der Waals surface area contributed by atoms with Gasteiger partial charge in [-0.15, -0.1) is 0 Å². The lowest BCUT2D eigenvalue weighted by Crippen LogP contribution is -2.49. The number of amides is 1. The highest BCUT2D eigenvalue weighted by Crippen LogP contribution is 2.48. The second-order valence-electron chi connectivity index (χ2n) is 7.60. The van der Waals surface area contributed by atoms with Gasteiger partial charge in [0.1, 0.15) is 0 Å². The first kappa shape index (κ1) is 17.4. The molecule has 0 unspecified atom stereocenters. The van der Waals surface area contributed by atoms with Crippen molar-refractivity contribution in [1.82, 2.24) is 4.90 Å². The Morgan fingerprint density at radius 3 is 2.38 bits per heavy atom. The van der Waals surface area contributed by atoms with E-state index in [1.807, 2.05) is 12.1 Å². The van der Waals surface area contributed by atoms with Crippen molar-refractivity contribution in [3.63, 3.8) is 0 Å². The molecule has 2 fully saturated rings. The van der Waals surface area contributed by atoms with Crippen LogP contribution in [0.3, 0.4) is 0 Å². The molecule has 0 spiro atoms. The zero-order valence-corrected chi connectivity index (χ0v) is 16.2. The van der Waals surface area contributed by atoms with Gasteiger partial charge >= 0.3 is 0 Å². The molecule has 1 amide bonds. The van der Waals surface area contributed by atoms with Crippen LogP contribution >= 0.6 is 11.6 Å². The molecule has 0 radical (unpaired) electrons. The smallest absolute Gasteiger partial charge is 0.226 e. The van der Waals surface area contributed by atoms with Gasteiger partial charge in [-0.25, -0.2) is 0 Å². The van der Waals surface area contributed by atoms with Crippen molar-refractivity contribution in [2.45, 2.75) is 26.2 Å². The Labute approximate surface area is 160 Å². The number of anilines is 1. The van der Waals surface area contributed by atoms with Crippen LogP contribution < -0.4 is 4.90 Å². The minimum Gasteiger partial charge on any atom is -0.368 e. The maximum atomic E-state index is 12.9. The van der Waals surface area contributed by atoms with Gasteiger partial charge in [0, 0.05) is 42.8 Å². The van der Waals surface area contributed by atoms with E-state index in [-0.39, 0.29) is 5.92 Å². The second kappa shape index (κ2) is 6.96. The average Bonchev–Trinajstić information content (AvgIpc) is 3.45. The van der Waals surface area contributed by atoms with Crippen LogP contribution in [-0.4, -0.2) is 37.0 Å². The number of hydrogen-bond acceptors (Lipinski definition) is 2. The van der Waals surface area contributed by atoms with Gasteiger partial charge < -0.3 is 9.80 Å². The fraction of sp³-hybridized carbons (Fsp3) is 0.409. The fourth-order valence-electron chi connectivity index (χ4n) is 3.98. The van der Waals surface area contributed by atoms with E-state index in [1.54, 1.807) is 0 Å². The lowest BCUT2D eigenvalue weighted by Gasteiger charge is -2.37. The normalized spacial score (nSPS) is 22.4. The number of hydrogen-bond donors (Lipinski definition) is 0. The third kappa shape index (κ3) is 3.45. The van der Waals surface area contributed by atoms with Crippen molar-refractivity contribution in [3.8, 4) is 0 Å². The first-order chi connectivity index (χ1) is 12.5. The molecule has 0 aromatic heterocycles. The number of piperazine rings is 1. The van der Waals surface area contributed by atoms with Gasteiger partial charge in [-0.2, -0.15) is 0 Å². The summed E-state index contributed by atoms with van der Waals surface area (Å²) in [6.07, 6.45) is 0.996. The molecule has 2 aromatic rings. The molecule has 1 saturated heterocycles.